The summed E-state index contributed by atoms with van der Waals surface area (Å²) in [6.07, 6.45) is 4.60. The van der Waals surface area contributed by atoms with Gasteiger partial charge in [-0.1, -0.05) is 38.4 Å². The number of β-amino-alcohol motifs (C(OH)–C–C–N with tert-alkyl or cyclic N) is 1. The molecule has 2 aliphatic rings. The lowest BCUT2D eigenvalue weighted by molar-refractivity contribution is -0.147. The van der Waals surface area contributed by atoms with Gasteiger partial charge < -0.3 is 14.9 Å². The summed E-state index contributed by atoms with van der Waals surface area (Å²) in [4.78, 5) is 2.37. The molecule has 0 amide bonds. The van der Waals surface area contributed by atoms with Gasteiger partial charge in [0.1, 0.15) is 18.0 Å². The van der Waals surface area contributed by atoms with Crippen LogP contribution in [0.2, 0.25) is 5.02 Å². The fraction of sp³-hybridized carbons (Fsp3) is 0.739. The number of benzene rings is 1. The van der Waals surface area contributed by atoms with Crippen molar-refractivity contribution in [1.82, 2.24) is 4.90 Å². The van der Waals surface area contributed by atoms with E-state index in [9.17, 15) is 10.2 Å². The molecule has 0 aromatic heterocycles. The number of likely N-dealkylation sites (tertiary alicyclic amines) is 1. The van der Waals surface area contributed by atoms with Gasteiger partial charge in [0, 0.05) is 19.1 Å². The summed E-state index contributed by atoms with van der Waals surface area (Å²) >= 11 is 6.22. The molecule has 1 aromatic carbocycles. The molecule has 1 aliphatic carbocycles. The number of nitrogens with zero attached hydrogens (tertiary/aromatic N) is 1. The molecule has 0 radical (unpaired) electrons. The normalized spacial score (nSPS) is 32.3. The summed E-state index contributed by atoms with van der Waals surface area (Å²) in [5.74, 6) is 1.33. The third-order valence-electron chi connectivity index (χ3n) is 6.79. The Labute approximate surface area is 174 Å². The van der Waals surface area contributed by atoms with Crippen molar-refractivity contribution in [2.75, 3.05) is 19.7 Å². The Morgan fingerprint density at radius 1 is 1.18 bits per heavy atom. The van der Waals surface area contributed by atoms with E-state index in [4.69, 9.17) is 16.3 Å². The van der Waals surface area contributed by atoms with Crippen LogP contribution in [0.15, 0.2) is 18.2 Å². The molecule has 0 bridgehead atoms. The Hall–Kier alpha value is -0.810. The van der Waals surface area contributed by atoms with Crippen molar-refractivity contribution in [2.45, 2.75) is 77.5 Å². The molecule has 2 N–H and O–H groups in total. The van der Waals surface area contributed by atoms with Crippen molar-refractivity contribution >= 4 is 11.6 Å². The molecule has 0 spiro atoms. The van der Waals surface area contributed by atoms with Crippen LogP contribution in [0.1, 0.15) is 58.4 Å². The Morgan fingerprint density at radius 2 is 1.86 bits per heavy atom. The highest BCUT2D eigenvalue weighted by Gasteiger charge is 2.44. The minimum atomic E-state index is -1.27. The first-order chi connectivity index (χ1) is 13.1. The van der Waals surface area contributed by atoms with Gasteiger partial charge in [-0.05, 0) is 68.1 Å². The Bertz CT molecular complexity index is 666. The molecule has 28 heavy (non-hydrogen) atoms. The van der Waals surface area contributed by atoms with Crippen LogP contribution in [0.4, 0.5) is 0 Å². The van der Waals surface area contributed by atoms with Gasteiger partial charge in [-0.25, -0.2) is 0 Å². The van der Waals surface area contributed by atoms with Crippen molar-refractivity contribution in [1.29, 1.82) is 0 Å². The lowest BCUT2D eigenvalue weighted by atomic mass is 9.71. The zero-order valence-electron chi connectivity index (χ0n) is 17.7. The van der Waals surface area contributed by atoms with Crippen LogP contribution in [-0.2, 0) is 0 Å². The van der Waals surface area contributed by atoms with E-state index in [-0.39, 0.29) is 6.61 Å². The van der Waals surface area contributed by atoms with E-state index in [1.54, 1.807) is 6.07 Å². The standard InChI is InChI=1S/C23H36ClNO3/c1-16-5-10-19(24)20(13-16)28-15-23(27)14-25(12-11-21(23)26)18-8-6-17(7-9-18)22(2,3)4/h5,10,13,17-18,21,26-27H,6-9,11-12,14-15H2,1-4H3/t17?,18?,21-,23-/m0/s1. The van der Waals surface area contributed by atoms with Crippen molar-refractivity contribution in [3.8, 4) is 5.75 Å². The molecule has 2 atom stereocenters. The summed E-state index contributed by atoms with van der Waals surface area (Å²) in [6, 6.07) is 6.08. The van der Waals surface area contributed by atoms with Crippen LogP contribution >= 0.6 is 11.6 Å². The van der Waals surface area contributed by atoms with Gasteiger partial charge in [0.15, 0.2) is 0 Å². The maximum Gasteiger partial charge on any atom is 0.138 e. The van der Waals surface area contributed by atoms with Crippen molar-refractivity contribution in [3.63, 3.8) is 0 Å². The van der Waals surface area contributed by atoms with Crippen LogP contribution < -0.4 is 4.74 Å². The first kappa shape index (κ1) is 21.9. The second kappa shape index (κ2) is 8.51. The Morgan fingerprint density at radius 3 is 2.50 bits per heavy atom. The van der Waals surface area contributed by atoms with Gasteiger partial charge in [0.25, 0.3) is 0 Å². The number of aliphatic hydroxyl groups is 2. The molecule has 1 heterocycles. The fourth-order valence-corrected chi connectivity index (χ4v) is 4.95. The number of piperidine rings is 1. The van der Waals surface area contributed by atoms with Crippen LogP contribution in [0.25, 0.3) is 0 Å². The molecule has 1 aromatic rings. The van der Waals surface area contributed by atoms with E-state index in [1.807, 2.05) is 19.1 Å². The van der Waals surface area contributed by atoms with E-state index in [0.29, 0.717) is 35.2 Å². The van der Waals surface area contributed by atoms with Crippen molar-refractivity contribution in [3.05, 3.63) is 28.8 Å². The Balaban J connectivity index is 1.61. The smallest absolute Gasteiger partial charge is 0.138 e. The maximum atomic E-state index is 11.2. The van der Waals surface area contributed by atoms with Crippen LogP contribution in [0.5, 0.6) is 5.75 Å². The zero-order valence-corrected chi connectivity index (χ0v) is 18.5. The number of rotatable bonds is 4. The highest BCUT2D eigenvalue weighted by atomic mass is 35.5. The number of hydrogen-bond donors (Lipinski definition) is 2. The van der Waals surface area contributed by atoms with Gasteiger partial charge in [-0.2, -0.15) is 0 Å². The summed E-state index contributed by atoms with van der Waals surface area (Å²) in [5, 5.41) is 22.2. The molecule has 4 nitrogen and oxygen atoms in total. The predicted molar refractivity (Wildman–Crippen MR) is 114 cm³/mol. The van der Waals surface area contributed by atoms with Crippen molar-refractivity contribution < 1.29 is 14.9 Å². The van der Waals surface area contributed by atoms with E-state index in [1.165, 1.54) is 25.7 Å². The zero-order chi connectivity index (χ0) is 20.5. The SMILES string of the molecule is Cc1ccc(Cl)c(OC[C@@]2(O)CN(C3CCC(C(C)(C)C)CC3)CC[C@@H]2O)c1. The summed E-state index contributed by atoms with van der Waals surface area (Å²) in [6.45, 7) is 10.3. The summed E-state index contributed by atoms with van der Waals surface area (Å²) in [7, 11) is 0. The molecule has 0 unspecified atom stereocenters. The lowest BCUT2D eigenvalue weighted by Gasteiger charge is -2.47. The molecule has 3 rings (SSSR count). The Kier molecular flexibility index (Phi) is 6.65. The van der Waals surface area contributed by atoms with Crippen LogP contribution in [0, 0.1) is 18.3 Å². The minimum absolute atomic E-state index is 0.0468. The lowest BCUT2D eigenvalue weighted by Crippen LogP contribution is -2.62. The number of hydrogen-bond acceptors (Lipinski definition) is 4. The van der Waals surface area contributed by atoms with Crippen molar-refractivity contribution in [2.24, 2.45) is 11.3 Å². The minimum Gasteiger partial charge on any atom is -0.489 e. The number of aryl methyl sites for hydroxylation is 1. The number of aliphatic hydroxyl groups excluding tert-OH is 1. The first-order valence-corrected chi connectivity index (χ1v) is 11.0. The molecule has 5 heteroatoms. The van der Waals surface area contributed by atoms with E-state index >= 15 is 0 Å². The highest BCUT2D eigenvalue weighted by Crippen LogP contribution is 2.40. The molecule has 1 saturated carbocycles. The monoisotopic (exact) mass is 409 g/mol. The molecule has 1 aliphatic heterocycles. The molecule has 1 saturated heterocycles. The topological polar surface area (TPSA) is 52.9 Å². The van der Waals surface area contributed by atoms with Crippen LogP contribution in [-0.4, -0.2) is 52.6 Å². The molecule has 158 valence electrons. The third-order valence-corrected chi connectivity index (χ3v) is 7.10. The average molecular weight is 410 g/mol. The van der Waals surface area contributed by atoms with Gasteiger partial charge in [0.2, 0.25) is 0 Å². The second-order valence-electron chi connectivity index (χ2n) is 9.97. The van der Waals surface area contributed by atoms with Crippen LogP contribution in [0.3, 0.4) is 0 Å². The fourth-order valence-electron chi connectivity index (χ4n) is 4.78. The van der Waals surface area contributed by atoms with Gasteiger partial charge in [-0.3, -0.25) is 4.90 Å². The van der Waals surface area contributed by atoms with Gasteiger partial charge in [0.05, 0.1) is 11.1 Å². The number of ether oxygens (including phenoxy) is 1. The first-order valence-electron chi connectivity index (χ1n) is 10.6. The average Bonchev–Trinajstić information content (AvgIpc) is 2.64. The second-order valence-corrected chi connectivity index (χ2v) is 10.4. The third kappa shape index (κ3) is 5.02. The molecule has 2 fully saturated rings. The predicted octanol–water partition coefficient (Wildman–Crippen LogP) is 4.43. The van der Waals surface area contributed by atoms with Gasteiger partial charge in [-0.15, -0.1) is 0 Å². The maximum absolute atomic E-state index is 11.2. The molecular formula is C23H36ClNO3. The molecular weight excluding hydrogens is 374 g/mol. The van der Waals surface area contributed by atoms with E-state index in [2.05, 4.69) is 25.7 Å². The number of halogens is 1. The largest absolute Gasteiger partial charge is 0.489 e. The van der Waals surface area contributed by atoms with E-state index < -0.39 is 11.7 Å². The van der Waals surface area contributed by atoms with Gasteiger partial charge >= 0.3 is 0 Å². The highest BCUT2D eigenvalue weighted by molar-refractivity contribution is 6.32. The summed E-state index contributed by atoms with van der Waals surface area (Å²) in [5.41, 5.74) is 0.143. The summed E-state index contributed by atoms with van der Waals surface area (Å²) < 4.78 is 5.86. The quantitative estimate of drug-likeness (QED) is 0.772. The van der Waals surface area contributed by atoms with E-state index in [0.717, 1.165) is 18.0 Å².